The van der Waals surface area contributed by atoms with Gasteiger partial charge in [0.2, 0.25) is 0 Å². The number of anilines is 1. The number of ether oxygens (including phenoxy) is 2. The molecule has 0 unspecified atom stereocenters. The van der Waals surface area contributed by atoms with Gasteiger partial charge in [-0.2, -0.15) is 0 Å². The fraction of sp³-hybridized carbons (Fsp3) is 0.310. The van der Waals surface area contributed by atoms with Crippen molar-refractivity contribution in [3.63, 3.8) is 0 Å². The average molecular weight is 556 g/mol. The SMILES string of the molecule is COC(=O)c1ccccc1NC(=O)N1CCN(CCCOC(c2ccc(Cl)cc2)c2ccc(Cl)cc2)CC1. The molecule has 38 heavy (non-hydrogen) atoms. The molecule has 0 atom stereocenters. The first kappa shape index (κ1) is 27.9. The van der Waals surface area contributed by atoms with Crippen LogP contribution in [0.2, 0.25) is 10.0 Å². The summed E-state index contributed by atoms with van der Waals surface area (Å²) in [5.41, 5.74) is 2.84. The van der Waals surface area contributed by atoms with Crippen LogP contribution in [0.25, 0.3) is 0 Å². The Hall–Kier alpha value is -3.10. The summed E-state index contributed by atoms with van der Waals surface area (Å²) in [6.07, 6.45) is 0.647. The Balaban J connectivity index is 1.25. The maximum Gasteiger partial charge on any atom is 0.339 e. The van der Waals surface area contributed by atoms with Gasteiger partial charge in [-0.3, -0.25) is 4.90 Å². The predicted molar refractivity (Wildman–Crippen MR) is 150 cm³/mol. The van der Waals surface area contributed by atoms with Crippen LogP contribution in [0.1, 0.15) is 34.0 Å². The van der Waals surface area contributed by atoms with Crippen LogP contribution in [0.4, 0.5) is 10.5 Å². The molecule has 3 aromatic carbocycles. The molecular weight excluding hydrogens is 525 g/mol. The number of nitrogens with one attached hydrogen (secondary N) is 1. The predicted octanol–water partition coefficient (Wildman–Crippen LogP) is 6.13. The molecule has 200 valence electrons. The van der Waals surface area contributed by atoms with Crippen LogP contribution >= 0.6 is 23.2 Å². The number of carbonyl (C=O) groups is 2. The topological polar surface area (TPSA) is 71.1 Å². The quantitative estimate of drug-likeness (QED) is 0.254. The minimum atomic E-state index is -0.484. The maximum atomic E-state index is 12.8. The molecule has 9 heteroatoms. The fourth-order valence-electron chi connectivity index (χ4n) is 4.40. The number of rotatable bonds is 9. The lowest BCUT2D eigenvalue weighted by atomic mass is 10.0. The molecule has 1 saturated heterocycles. The fourth-order valence-corrected chi connectivity index (χ4v) is 4.65. The van der Waals surface area contributed by atoms with Crippen LogP contribution in [0.3, 0.4) is 0 Å². The van der Waals surface area contributed by atoms with Crippen molar-refractivity contribution < 1.29 is 19.1 Å². The van der Waals surface area contributed by atoms with Crippen LogP contribution < -0.4 is 5.32 Å². The Bertz CT molecular complexity index is 1170. The van der Waals surface area contributed by atoms with Gasteiger partial charge in [-0.05, 0) is 53.9 Å². The summed E-state index contributed by atoms with van der Waals surface area (Å²) in [4.78, 5) is 28.9. The van der Waals surface area contributed by atoms with Crippen molar-refractivity contribution in [2.75, 3.05) is 51.8 Å². The highest BCUT2D eigenvalue weighted by Gasteiger charge is 2.23. The van der Waals surface area contributed by atoms with Crippen LogP contribution in [0, 0.1) is 0 Å². The Morgan fingerprint density at radius 3 is 2.03 bits per heavy atom. The molecule has 1 heterocycles. The van der Waals surface area contributed by atoms with Gasteiger partial charge in [-0.1, -0.05) is 59.6 Å². The summed E-state index contributed by atoms with van der Waals surface area (Å²) in [5.74, 6) is -0.484. The molecule has 1 aliphatic heterocycles. The lowest BCUT2D eigenvalue weighted by molar-refractivity contribution is 0.0601. The lowest BCUT2D eigenvalue weighted by Crippen LogP contribution is -2.50. The van der Waals surface area contributed by atoms with Crippen LogP contribution in [-0.2, 0) is 9.47 Å². The third kappa shape index (κ3) is 7.48. The number of halogens is 2. The maximum absolute atomic E-state index is 12.8. The Labute approximate surface area is 233 Å². The molecule has 0 aliphatic carbocycles. The van der Waals surface area contributed by atoms with Gasteiger partial charge in [-0.15, -0.1) is 0 Å². The second-order valence-electron chi connectivity index (χ2n) is 9.00. The zero-order valence-corrected chi connectivity index (χ0v) is 22.8. The first-order valence-corrected chi connectivity index (χ1v) is 13.3. The molecule has 0 aromatic heterocycles. The van der Waals surface area contributed by atoms with Gasteiger partial charge in [0.05, 0.1) is 18.4 Å². The lowest BCUT2D eigenvalue weighted by Gasteiger charge is -2.34. The number of para-hydroxylation sites is 1. The molecule has 1 fully saturated rings. The van der Waals surface area contributed by atoms with Crippen molar-refractivity contribution in [3.05, 3.63) is 99.5 Å². The number of hydrogen-bond donors (Lipinski definition) is 1. The molecule has 4 rings (SSSR count). The summed E-state index contributed by atoms with van der Waals surface area (Å²) < 4.78 is 11.1. The van der Waals surface area contributed by atoms with E-state index in [-0.39, 0.29) is 12.1 Å². The Morgan fingerprint density at radius 2 is 1.45 bits per heavy atom. The second-order valence-corrected chi connectivity index (χ2v) is 9.88. The van der Waals surface area contributed by atoms with Gasteiger partial charge in [0.25, 0.3) is 0 Å². The summed E-state index contributed by atoms with van der Waals surface area (Å²) >= 11 is 12.2. The highest BCUT2D eigenvalue weighted by atomic mass is 35.5. The summed E-state index contributed by atoms with van der Waals surface area (Å²) in [6, 6.07) is 22.0. The molecular formula is C29H31Cl2N3O4. The molecule has 0 bridgehead atoms. The third-order valence-electron chi connectivity index (χ3n) is 6.48. The number of piperazine rings is 1. The summed E-state index contributed by atoms with van der Waals surface area (Å²) in [7, 11) is 1.32. The number of methoxy groups -OCH3 is 1. The summed E-state index contributed by atoms with van der Waals surface area (Å²) in [6.45, 7) is 4.19. The monoisotopic (exact) mass is 555 g/mol. The molecule has 0 spiro atoms. The minimum Gasteiger partial charge on any atom is -0.465 e. The van der Waals surface area contributed by atoms with Crippen molar-refractivity contribution >= 4 is 40.9 Å². The number of hydrogen-bond acceptors (Lipinski definition) is 5. The van der Waals surface area contributed by atoms with E-state index in [1.165, 1.54) is 7.11 Å². The van der Waals surface area contributed by atoms with E-state index in [1.807, 2.05) is 48.5 Å². The zero-order chi connectivity index (χ0) is 26.9. The van der Waals surface area contributed by atoms with Gasteiger partial charge in [0.15, 0.2) is 0 Å². The smallest absolute Gasteiger partial charge is 0.339 e. The van der Waals surface area contributed by atoms with Gasteiger partial charge >= 0.3 is 12.0 Å². The first-order valence-electron chi connectivity index (χ1n) is 12.5. The molecule has 0 radical (unpaired) electrons. The van der Waals surface area contributed by atoms with Gasteiger partial charge in [0, 0.05) is 49.4 Å². The van der Waals surface area contributed by atoms with E-state index in [9.17, 15) is 9.59 Å². The van der Waals surface area contributed by atoms with Crippen molar-refractivity contribution in [2.45, 2.75) is 12.5 Å². The van der Waals surface area contributed by atoms with E-state index in [4.69, 9.17) is 32.7 Å². The second kappa shape index (κ2) is 13.6. The average Bonchev–Trinajstić information content (AvgIpc) is 2.94. The molecule has 1 aliphatic rings. The molecule has 3 aromatic rings. The standard InChI is InChI=1S/C29H31Cl2N3O4/c1-37-28(35)25-5-2-3-6-26(25)32-29(36)34-18-16-33(17-19-34)15-4-20-38-27(21-7-11-23(30)12-8-21)22-9-13-24(31)14-10-22/h2-3,5-14,27H,4,15-20H2,1H3,(H,32,36). The van der Waals surface area contributed by atoms with Crippen LogP contribution in [-0.4, -0.2) is 68.2 Å². The van der Waals surface area contributed by atoms with Crippen molar-refractivity contribution in [1.29, 1.82) is 0 Å². The largest absolute Gasteiger partial charge is 0.465 e. The number of esters is 1. The molecule has 7 nitrogen and oxygen atoms in total. The number of urea groups is 1. The van der Waals surface area contributed by atoms with Crippen molar-refractivity contribution in [2.24, 2.45) is 0 Å². The molecule has 2 amide bonds. The van der Waals surface area contributed by atoms with E-state index in [0.29, 0.717) is 41.0 Å². The highest BCUT2D eigenvalue weighted by Crippen LogP contribution is 2.28. The zero-order valence-electron chi connectivity index (χ0n) is 21.2. The van der Waals surface area contributed by atoms with Gasteiger partial charge in [0.1, 0.15) is 6.10 Å². The van der Waals surface area contributed by atoms with E-state index in [1.54, 1.807) is 29.2 Å². The van der Waals surface area contributed by atoms with Gasteiger partial charge in [-0.25, -0.2) is 9.59 Å². The number of benzene rings is 3. The normalized spacial score (nSPS) is 13.9. The number of carbonyl (C=O) groups excluding carboxylic acids is 2. The van der Waals surface area contributed by atoms with Gasteiger partial charge < -0.3 is 19.7 Å². The highest BCUT2D eigenvalue weighted by molar-refractivity contribution is 6.30. The van der Waals surface area contributed by atoms with E-state index < -0.39 is 5.97 Å². The van der Waals surface area contributed by atoms with E-state index >= 15 is 0 Å². The van der Waals surface area contributed by atoms with E-state index in [2.05, 4.69) is 10.2 Å². The van der Waals surface area contributed by atoms with Crippen molar-refractivity contribution in [3.8, 4) is 0 Å². The Kier molecular flexibility index (Phi) is 10.0. The third-order valence-corrected chi connectivity index (χ3v) is 6.99. The van der Waals surface area contributed by atoms with Crippen LogP contribution in [0.5, 0.6) is 0 Å². The van der Waals surface area contributed by atoms with Crippen LogP contribution in [0.15, 0.2) is 72.8 Å². The number of amides is 2. The van der Waals surface area contributed by atoms with E-state index in [0.717, 1.165) is 37.2 Å². The Morgan fingerprint density at radius 1 is 0.868 bits per heavy atom. The number of nitrogens with zero attached hydrogens (tertiary/aromatic N) is 2. The molecule has 0 saturated carbocycles. The summed E-state index contributed by atoms with van der Waals surface area (Å²) in [5, 5.41) is 4.21. The molecule has 1 N–H and O–H groups in total. The minimum absolute atomic E-state index is 0.210. The van der Waals surface area contributed by atoms with Crippen molar-refractivity contribution in [1.82, 2.24) is 9.80 Å². The first-order chi connectivity index (χ1) is 18.4.